The molecule has 1 saturated heterocycles. The van der Waals surface area contributed by atoms with E-state index in [0.717, 1.165) is 47.7 Å². The molecular formula is C14H17NO3. The second kappa shape index (κ2) is 4.63. The third-order valence-electron chi connectivity index (χ3n) is 3.25. The van der Waals surface area contributed by atoms with Crippen LogP contribution < -0.4 is 10.1 Å². The summed E-state index contributed by atoms with van der Waals surface area (Å²) in [4.78, 5) is 0. The van der Waals surface area contributed by atoms with Crippen LogP contribution in [0.25, 0.3) is 11.0 Å². The maximum Gasteiger partial charge on any atom is 0.176 e. The second-order valence-corrected chi connectivity index (χ2v) is 4.56. The average Bonchev–Trinajstić information content (AvgIpc) is 2.78. The Morgan fingerprint density at radius 2 is 2.22 bits per heavy atom. The van der Waals surface area contributed by atoms with Gasteiger partial charge in [0.2, 0.25) is 0 Å². The molecule has 1 aromatic heterocycles. The minimum atomic E-state index is 0.0901. The van der Waals surface area contributed by atoms with E-state index >= 15 is 0 Å². The van der Waals surface area contributed by atoms with E-state index in [4.69, 9.17) is 13.9 Å². The zero-order valence-electron chi connectivity index (χ0n) is 10.7. The number of fused-ring (bicyclic) bond motifs is 1. The topological polar surface area (TPSA) is 43.6 Å². The molecule has 1 aromatic carbocycles. The summed E-state index contributed by atoms with van der Waals surface area (Å²) in [5.41, 5.74) is 1.94. The van der Waals surface area contributed by atoms with Gasteiger partial charge in [-0.05, 0) is 30.7 Å². The van der Waals surface area contributed by atoms with Gasteiger partial charge in [0, 0.05) is 18.5 Å². The normalized spacial score (nSPS) is 20.2. The first-order chi connectivity index (χ1) is 8.78. The number of nitrogens with one attached hydrogen (secondary N) is 1. The molecule has 96 valence electrons. The summed E-state index contributed by atoms with van der Waals surface area (Å²) in [6.07, 6.45) is 0.0901. The Kier molecular flexibility index (Phi) is 2.97. The van der Waals surface area contributed by atoms with Crippen LogP contribution in [-0.4, -0.2) is 26.8 Å². The lowest BCUT2D eigenvalue weighted by atomic mass is 10.1. The van der Waals surface area contributed by atoms with E-state index < -0.39 is 0 Å². The number of aryl methyl sites for hydroxylation is 1. The van der Waals surface area contributed by atoms with Gasteiger partial charge in [-0.2, -0.15) is 0 Å². The molecule has 0 bridgehead atoms. The van der Waals surface area contributed by atoms with Crippen LogP contribution in [0.2, 0.25) is 0 Å². The Balaban J connectivity index is 2.06. The number of hydrogen-bond acceptors (Lipinski definition) is 4. The fourth-order valence-electron chi connectivity index (χ4n) is 2.39. The lowest BCUT2D eigenvalue weighted by Gasteiger charge is -2.24. The highest BCUT2D eigenvalue weighted by molar-refractivity contribution is 5.84. The number of benzene rings is 1. The van der Waals surface area contributed by atoms with Crippen molar-refractivity contribution in [1.82, 2.24) is 5.32 Å². The highest BCUT2D eigenvalue weighted by atomic mass is 16.5. The molecule has 2 aromatic rings. The van der Waals surface area contributed by atoms with Crippen molar-refractivity contribution in [3.63, 3.8) is 0 Å². The largest absolute Gasteiger partial charge is 0.493 e. The summed E-state index contributed by atoms with van der Waals surface area (Å²) in [5.74, 6) is 1.66. The van der Waals surface area contributed by atoms with Crippen LogP contribution in [0.3, 0.4) is 0 Å². The minimum Gasteiger partial charge on any atom is -0.493 e. The van der Waals surface area contributed by atoms with E-state index in [1.165, 1.54) is 0 Å². The summed E-state index contributed by atoms with van der Waals surface area (Å²) in [6.45, 7) is 4.44. The summed E-state index contributed by atoms with van der Waals surface area (Å²) in [7, 11) is 1.66. The molecule has 18 heavy (non-hydrogen) atoms. The number of hydrogen-bond donors (Lipinski definition) is 1. The molecule has 1 N–H and O–H groups in total. The molecule has 4 heteroatoms. The summed E-state index contributed by atoms with van der Waals surface area (Å²) in [5, 5.41) is 4.40. The van der Waals surface area contributed by atoms with Crippen molar-refractivity contribution in [3.05, 3.63) is 29.5 Å². The molecule has 1 fully saturated rings. The molecule has 2 heterocycles. The van der Waals surface area contributed by atoms with Crippen LogP contribution in [0.5, 0.6) is 5.75 Å². The molecule has 1 unspecified atom stereocenters. The van der Waals surface area contributed by atoms with Crippen LogP contribution in [0, 0.1) is 6.92 Å². The number of furan rings is 1. The molecule has 1 aliphatic rings. The van der Waals surface area contributed by atoms with E-state index in [1.807, 2.05) is 19.1 Å². The van der Waals surface area contributed by atoms with Gasteiger partial charge in [0.1, 0.15) is 5.76 Å². The Bertz CT molecular complexity index is 555. The Morgan fingerprint density at radius 3 is 2.94 bits per heavy atom. The van der Waals surface area contributed by atoms with Gasteiger partial charge in [-0.1, -0.05) is 0 Å². The number of rotatable bonds is 2. The lowest BCUT2D eigenvalue weighted by Crippen LogP contribution is -2.33. The van der Waals surface area contributed by atoms with Crippen molar-refractivity contribution in [1.29, 1.82) is 0 Å². The summed E-state index contributed by atoms with van der Waals surface area (Å²) >= 11 is 0. The van der Waals surface area contributed by atoms with E-state index in [1.54, 1.807) is 7.11 Å². The van der Waals surface area contributed by atoms with Gasteiger partial charge >= 0.3 is 0 Å². The van der Waals surface area contributed by atoms with Crippen molar-refractivity contribution >= 4 is 11.0 Å². The van der Waals surface area contributed by atoms with Crippen molar-refractivity contribution in [2.75, 3.05) is 26.8 Å². The Morgan fingerprint density at radius 1 is 1.33 bits per heavy atom. The molecule has 0 amide bonds. The molecule has 0 saturated carbocycles. The van der Waals surface area contributed by atoms with E-state index in [2.05, 4.69) is 11.4 Å². The van der Waals surface area contributed by atoms with Gasteiger partial charge < -0.3 is 19.2 Å². The molecule has 3 rings (SSSR count). The smallest absolute Gasteiger partial charge is 0.176 e. The standard InChI is InChI=1S/C14H17NO3/c1-9-5-11-6-10(13-8-15-3-4-17-13)7-12(16-2)14(11)18-9/h5-7,13,15H,3-4,8H2,1-2H3. The number of ether oxygens (including phenoxy) is 2. The van der Waals surface area contributed by atoms with Crippen LogP contribution in [0.1, 0.15) is 17.4 Å². The van der Waals surface area contributed by atoms with Crippen molar-refractivity contribution in [3.8, 4) is 5.75 Å². The highest BCUT2D eigenvalue weighted by Crippen LogP contribution is 2.33. The third kappa shape index (κ3) is 1.98. The fourth-order valence-corrected chi connectivity index (χ4v) is 2.39. The summed E-state index contributed by atoms with van der Waals surface area (Å²) < 4.78 is 16.8. The molecule has 0 aliphatic carbocycles. The molecule has 0 spiro atoms. The average molecular weight is 247 g/mol. The zero-order chi connectivity index (χ0) is 12.5. The molecule has 4 nitrogen and oxygen atoms in total. The molecule has 1 atom stereocenters. The third-order valence-corrected chi connectivity index (χ3v) is 3.25. The van der Waals surface area contributed by atoms with Crippen LogP contribution >= 0.6 is 0 Å². The maximum absolute atomic E-state index is 5.77. The minimum absolute atomic E-state index is 0.0901. The van der Waals surface area contributed by atoms with Crippen LogP contribution in [0.15, 0.2) is 22.6 Å². The number of methoxy groups -OCH3 is 1. The van der Waals surface area contributed by atoms with E-state index in [9.17, 15) is 0 Å². The van der Waals surface area contributed by atoms with Gasteiger partial charge in [-0.3, -0.25) is 0 Å². The predicted octanol–water partition coefficient (Wildman–Crippen LogP) is 2.41. The Labute approximate surface area is 106 Å². The first-order valence-electron chi connectivity index (χ1n) is 6.18. The van der Waals surface area contributed by atoms with E-state index in [-0.39, 0.29) is 6.10 Å². The second-order valence-electron chi connectivity index (χ2n) is 4.56. The van der Waals surface area contributed by atoms with Gasteiger partial charge in [-0.25, -0.2) is 0 Å². The molecule has 1 aliphatic heterocycles. The number of morpholine rings is 1. The van der Waals surface area contributed by atoms with E-state index in [0.29, 0.717) is 0 Å². The van der Waals surface area contributed by atoms with Crippen molar-refractivity contribution in [2.45, 2.75) is 13.0 Å². The quantitative estimate of drug-likeness (QED) is 0.885. The monoisotopic (exact) mass is 247 g/mol. The van der Waals surface area contributed by atoms with Gasteiger partial charge in [0.25, 0.3) is 0 Å². The lowest BCUT2D eigenvalue weighted by molar-refractivity contribution is 0.0276. The van der Waals surface area contributed by atoms with Crippen LogP contribution in [0.4, 0.5) is 0 Å². The SMILES string of the molecule is COc1cc(C2CNCCO2)cc2cc(C)oc12. The molecule has 0 radical (unpaired) electrons. The van der Waals surface area contributed by atoms with Crippen LogP contribution in [-0.2, 0) is 4.74 Å². The van der Waals surface area contributed by atoms with Crippen molar-refractivity contribution in [2.24, 2.45) is 0 Å². The summed E-state index contributed by atoms with van der Waals surface area (Å²) in [6, 6.07) is 6.15. The predicted molar refractivity (Wildman–Crippen MR) is 69.1 cm³/mol. The first-order valence-corrected chi connectivity index (χ1v) is 6.18. The molecular weight excluding hydrogens is 230 g/mol. The fraction of sp³-hybridized carbons (Fsp3) is 0.429. The van der Waals surface area contributed by atoms with Gasteiger partial charge in [0.05, 0.1) is 19.8 Å². The van der Waals surface area contributed by atoms with Gasteiger partial charge in [-0.15, -0.1) is 0 Å². The maximum atomic E-state index is 5.77. The highest BCUT2D eigenvalue weighted by Gasteiger charge is 2.19. The Hall–Kier alpha value is -1.52. The first kappa shape index (κ1) is 11.6. The zero-order valence-corrected chi connectivity index (χ0v) is 10.7. The van der Waals surface area contributed by atoms with Crippen molar-refractivity contribution < 1.29 is 13.9 Å². The van der Waals surface area contributed by atoms with Gasteiger partial charge in [0.15, 0.2) is 11.3 Å².